The summed E-state index contributed by atoms with van der Waals surface area (Å²) in [7, 11) is 0. The molecule has 3 rings (SSSR count). The molecule has 1 saturated carbocycles. The molecule has 0 aliphatic heterocycles. The highest BCUT2D eigenvalue weighted by Crippen LogP contribution is 2.31. The number of amides is 1. The minimum atomic E-state index is -0.241. The molecule has 0 saturated heterocycles. The third-order valence-electron chi connectivity index (χ3n) is 4.73. The SMILES string of the molecule is CC(=O)c1cc(CC(=O)N[C@H](Cc2ccccc2)C2CC(O)C2)cs1. The van der Waals surface area contributed by atoms with Gasteiger partial charge in [-0.05, 0) is 54.7 Å². The number of ketones is 1. The van der Waals surface area contributed by atoms with Gasteiger partial charge >= 0.3 is 0 Å². The Bertz CT molecular complexity index is 734. The smallest absolute Gasteiger partial charge is 0.224 e. The second-order valence-electron chi connectivity index (χ2n) is 6.80. The summed E-state index contributed by atoms with van der Waals surface area (Å²) in [6.07, 6.45) is 2.29. The Morgan fingerprint density at radius 1 is 1.24 bits per heavy atom. The molecule has 0 spiro atoms. The number of benzene rings is 1. The molecule has 132 valence electrons. The molecular formula is C20H23NO3S. The Balaban J connectivity index is 1.62. The van der Waals surface area contributed by atoms with E-state index in [1.165, 1.54) is 23.8 Å². The fraction of sp³-hybridized carbons (Fsp3) is 0.400. The van der Waals surface area contributed by atoms with Crippen molar-refractivity contribution >= 4 is 23.0 Å². The van der Waals surface area contributed by atoms with Gasteiger partial charge in [0, 0.05) is 6.04 Å². The van der Waals surface area contributed by atoms with E-state index >= 15 is 0 Å². The molecule has 1 fully saturated rings. The van der Waals surface area contributed by atoms with Gasteiger partial charge in [-0.15, -0.1) is 11.3 Å². The number of hydrogen-bond acceptors (Lipinski definition) is 4. The standard InChI is InChI=1S/C20H23NO3S/c1-13(22)19-8-15(12-25-19)9-20(24)21-18(16-10-17(23)11-16)7-14-5-3-2-4-6-14/h2-6,8,12,16-18,23H,7,9-11H2,1H3,(H,21,24)/t16?,17?,18-/m1/s1. The van der Waals surface area contributed by atoms with Gasteiger partial charge in [-0.2, -0.15) is 0 Å². The highest BCUT2D eigenvalue weighted by molar-refractivity contribution is 7.12. The van der Waals surface area contributed by atoms with Gasteiger partial charge in [0.25, 0.3) is 0 Å². The summed E-state index contributed by atoms with van der Waals surface area (Å²) >= 11 is 1.38. The van der Waals surface area contributed by atoms with Crippen LogP contribution in [-0.2, 0) is 17.6 Å². The molecule has 1 aliphatic carbocycles. The van der Waals surface area contributed by atoms with E-state index in [0.717, 1.165) is 24.8 Å². The number of hydrogen-bond donors (Lipinski definition) is 2. The van der Waals surface area contributed by atoms with Crippen molar-refractivity contribution < 1.29 is 14.7 Å². The van der Waals surface area contributed by atoms with Gasteiger partial charge in [-0.3, -0.25) is 9.59 Å². The summed E-state index contributed by atoms with van der Waals surface area (Å²) < 4.78 is 0. The third-order valence-corrected chi connectivity index (χ3v) is 5.81. The van der Waals surface area contributed by atoms with Crippen molar-refractivity contribution in [1.29, 1.82) is 0 Å². The minimum absolute atomic E-state index is 0.0297. The zero-order valence-corrected chi connectivity index (χ0v) is 15.1. The molecule has 5 heteroatoms. The average Bonchev–Trinajstić information content (AvgIpc) is 3.01. The molecule has 1 aromatic carbocycles. The van der Waals surface area contributed by atoms with Crippen LogP contribution in [0, 0.1) is 5.92 Å². The van der Waals surface area contributed by atoms with Crippen LogP contribution in [0.15, 0.2) is 41.8 Å². The number of Topliss-reactive ketones (excluding diaryl/α,β-unsaturated/α-hetero) is 1. The molecule has 0 unspecified atom stereocenters. The van der Waals surface area contributed by atoms with Crippen LogP contribution in [0.4, 0.5) is 0 Å². The van der Waals surface area contributed by atoms with E-state index in [1.54, 1.807) is 6.07 Å². The van der Waals surface area contributed by atoms with Crippen molar-refractivity contribution in [2.24, 2.45) is 5.92 Å². The van der Waals surface area contributed by atoms with Crippen LogP contribution in [0.5, 0.6) is 0 Å². The molecule has 0 bridgehead atoms. The molecule has 25 heavy (non-hydrogen) atoms. The molecule has 1 heterocycles. The Kier molecular flexibility index (Phi) is 5.66. The first-order valence-electron chi connectivity index (χ1n) is 8.61. The quantitative estimate of drug-likeness (QED) is 0.749. The van der Waals surface area contributed by atoms with Crippen molar-refractivity contribution in [3.8, 4) is 0 Å². The van der Waals surface area contributed by atoms with Crippen LogP contribution in [0.2, 0.25) is 0 Å². The highest BCUT2D eigenvalue weighted by Gasteiger charge is 2.34. The normalized spacial score (nSPS) is 20.6. The van der Waals surface area contributed by atoms with Gasteiger partial charge in [0.15, 0.2) is 5.78 Å². The van der Waals surface area contributed by atoms with Gasteiger partial charge in [-0.25, -0.2) is 0 Å². The van der Waals surface area contributed by atoms with E-state index in [9.17, 15) is 14.7 Å². The molecule has 1 aromatic heterocycles. The van der Waals surface area contributed by atoms with Gasteiger partial charge in [0.1, 0.15) is 0 Å². The Labute approximate surface area is 151 Å². The maximum atomic E-state index is 12.5. The zero-order valence-electron chi connectivity index (χ0n) is 14.3. The van der Waals surface area contributed by atoms with Gasteiger partial charge < -0.3 is 10.4 Å². The second-order valence-corrected chi connectivity index (χ2v) is 7.71. The van der Waals surface area contributed by atoms with Crippen LogP contribution in [0.3, 0.4) is 0 Å². The van der Waals surface area contributed by atoms with E-state index < -0.39 is 0 Å². The second kappa shape index (κ2) is 7.93. The largest absolute Gasteiger partial charge is 0.393 e. The number of thiophene rings is 1. The van der Waals surface area contributed by atoms with E-state index in [2.05, 4.69) is 17.4 Å². The van der Waals surface area contributed by atoms with Crippen LogP contribution in [0.1, 0.15) is 40.6 Å². The summed E-state index contributed by atoms with van der Waals surface area (Å²) in [4.78, 5) is 24.5. The highest BCUT2D eigenvalue weighted by atomic mass is 32.1. The number of aliphatic hydroxyl groups excluding tert-OH is 1. The van der Waals surface area contributed by atoms with Crippen LogP contribution in [0.25, 0.3) is 0 Å². The lowest BCUT2D eigenvalue weighted by molar-refractivity contribution is -0.122. The Morgan fingerprint density at radius 2 is 1.96 bits per heavy atom. The Hall–Kier alpha value is -1.98. The first kappa shape index (κ1) is 17.8. The fourth-order valence-corrected chi connectivity index (χ4v) is 4.07. The average molecular weight is 357 g/mol. The number of nitrogens with one attached hydrogen (secondary N) is 1. The molecule has 2 N–H and O–H groups in total. The molecule has 1 atom stereocenters. The summed E-state index contributed by atoms with van der Waals surface area (Å²) in [5.41, 5.74) is 2.06. The zero-order chi connectivity index (χ0) is 17.8. The fourth-order valence-electron chi connectivity index (χ4n) is 3.26. The maximum absolute atomic E-state index is 12.5. The topological polar surface area (TPSA) is 66.4 Å². The van der Waals surface area contributed by atoms with Gasteiger partial charge in [-0.1, -0.05) is 30.3 Å². The minimum Gasteiger partial charge on any atom is -0.393 e. The van der Waals surface area contributed by atoms with Crippen molar-refractivity contribution in [3.63, 3.8) is 0 Å². The maximum Gasteiger partial charge on any atom is 0.224 e. The monoisotopic (exact) mass is 357 g/mol. The van der Waals surface area contributed by atoms with Gasteiger partial charge in [0.05, 0.1) is 17.4 Å². The molecular weight excluding hydrogens is 334 g/mol. The van der Waals surface area contributed by atoms with Gasteiger partial charge in [0.2, 0.25) is 5.91 Å². The third kappa shape index (κ3) is 4.77. The molecule has 2 aromatic rings. The number of carbonyl (C=O) groups is 2. The van der Waals surface area contributed by atoms with Crippen LogP contribution in [-0.4, -0.2) is 28.9 Å². The molecule has 1 aliphatic rings. The predicted molar refractivity (Wildman–Crippen MR) is 98.8 cm³/mol. The van der Waals surface area contributed by atoms with Crippen molar-refractivity contribution in [2.45, 2.75) is 44.8 Å². The lowest BCUT2D eigenvalue weighted by atomic mass is 9.75. The molecule has 0 radical (unpaired) electrons. The van der Waals surface area contributed by atoms with E-state index in [1.807, 2.05) is 23.6 Å². The lowest BCUT2D eigenvalue weighted by Gasteiger charge is -2.38. The summed E-state index contributed by atoms with van der Waals surface area (Å²) in [6.45, 7) is 1.54. The summed E-state index contributed by atoms with van der Waals surface area (Å²) in [6, 6.07) is 11.9. The van der Waals surface area contributed by atoms with Crippen molar-refractivity contribution in [1.82, 2.24) is 5.32 Å². The Morgan fingerprint density at radius 3 is 2.56 bits per heavy atom. The van der Waals surface area contributed by atoms with Crippen LogP contribution >= 0.6 is 11.3 Å². The number of carbonyl (C=O) groups excluding carboxylic acids is 2. The van der Waals surface area contributed by atoms with E-state index in [0.29, 0.717) is 10.8 Å². The molecule has 4 nitrogen and oxygen atoms in total. The molecule has 1 amide bonds. The number of aliphatic hydroxyl groups is 1. The van der Waals surface area contributed by atoms with Crippen molar-refractivity contribution in [3.05, 3.63) is 57.8 Å². The van der Waals surface area contributed by atoms with Crippen molar-refractivity contribution in [2.75, 3.05) is 0 Å². The number of rotatable bonds is 7. The lowest BCUT2D eigenvalue weighted by Crippen LogP contribution is -2.48. The van der Waals surface area contributed by atoms with Crippen LogP contribution < -0.4 is 5.32 Å². The first-order chi connectivity index (χ1) is 12.0. The summed E-state index contributed by atoms with van der Waals surface area (Å²) in [5, 5.41) is 14.6. The first-order valence-corrected chi connectivity index (χ1v) is 9.49. The predicted octanol–water partition coefficient (Wildman–Crippen LogP) is 2.99. The van der Waals surface area contributed by atoms with E-state index in [-0.39, 0.29) is 30.3 Å². The summed E-state index contributed by atoms with van der Waals surface area (Å²) in [5.74, 6) is 0.312. The van der Waals surface area contributed by atoms with E-state index in [4.69, 9.17) is 0 Å².